The molecule has 1 aromatic rings. The van der Waals surface area contributed by atoms with Gasteiger partial charge in [-0.05, 0) is 13.8 Å². The van der Waals surface area contributed by atoms with Gasteiger partial charge in [0.25, 0.3) is 0 Å². The molecule has 0 bridgehead atoms. The van der Waals surface area contributed by atoms with E-state index in [0.717, 1.165) is 12.3 Å². The maximum absolute atomic E-state index is 11.9. The van der Waals surface area contributed by atoms with Gasteiger partial charge in [-0.1, -0.05) is 0 Å². The van der Waals surface area contributed by atoms with Crippen LogP contribution < -0.4 is 0 Å². The highest BCUT2D eigenvalue weighted by atomic mass is 16.5. The van der Waals surface area contributed by atoms with Crippen LogP contribution in [0.2, 0.25) is 0 Å². The van der Waals surface area contributed by atoms with Crippen LogP contribution in [0.25, 0.3) is 0 Å². The van der Waals surface area contributed by atoms with E-state index >= 15 is 0 Å². The van der Waals surface area contributed by atoms with Crippen molar-refractivity contribution >= 4 is 11.8 Å². The van der Waals surface area contributed by atoms with Crippen molar-refractivity contribution in [1.29, 1.82) is 0 Å². The molecule has 1 aromatic heterocycles. The monoisotopic (exact) mass is 253 g/mol. The van der Waals surface area contributed by atoms with Gasteiger partial charge in [0.15, 0.2) is 5.78 Å². The molecular weight excluding hydrogens is 238 g/mol. The summed E-state index contributed by atoms with van der Waals surface area (Å²) in [6.45, 7) is 3.13. The fourth-order valence-electron chi connectivity index (χ4n) is 1.49. The quantitative estimate of drug-likeness (QED) is 0.619. The van der Waals surface area contributed by atoms with Crippen molar-refractivity contribution in [2.75, 3.05) is 7.11 Å². The minimum atomic E-state index is -1.00. The molecule has 6 nitrogen and oxygen atoms in total. The molecule has 0 aromatic carbocycles. The van der Waals surface area contributed by atoms with Crippen LogP contribution in [0, 0.1) is 5.41 Å². The third kappa shape index (κ3) is 2.97. The van der Waals surface area contributed by atoms with E-state index < -0.39 is 22.9 Å². The second-order valence-electron chi connectivity index (χ2n) is 4.54. The average molecular weight is 253 g/mol. The Morgan fingerprint density at radius 1 is 1.39 bits per heavy atom. The van der Waals surface area contributed by atoms with Gasteiger partial charge in [-0.25, -0.2) is 4.98 Å². The van der Waals surface area contributed by atoms with Crippen LogP contribution in [0.1, 0.15) is 30.8 Å². The Kier molecular flexibility index (Phi) is 3.90. The first kappa shape index (κ1) is 14.0. The van der Waals surface area contributed by atoms with Crippen LogP contribution in [0.3, 0.4) is 0 Å². The first-order chi connectivity index (χ1) is 8.27. The Bertz CT molecular complexity index is 481. The Morgan fingerprint density at radius 3 is 2.50 bits per heavy atom. The molecule has 2 N–H and O–H groups in total. The zero-order valence-corrected chi connectivity index (χ0v) is 10.4. The lowest BCUT2D eigenvalue weighted by Gasteiger charge is -2.20. The van der Waals surface area contributed by atoms with Gasteiger partial charge in [-0.15, -0.1) is 0 Å². The summed E-state index contributed by atoms with van der Waals surface area (Å²) in [7, 11) is 1.24. The molecule has 1 rings (SSSR count). The summed E-state index contributed by atoms with van der Waals surface area (Å²) >= 11 is 0. The van der Waals surface area contributed by atoms with Gasteiger partial charge in [-0.3, -0.25) is 9.59 Å². The molecule has 0 unspecified atom stereocenters. The zero-order chi connectivity index (χ0) is 13.9. The first-order valence-corrected chi connectivity index (χ1v) is 5.27. The third-order valence-electron chi connectivity index (χ3n) is 2.46. The average Bonchev–Trinajstić information content (AvgIpc) is 2.26. The highest BCUT2D eigenvalue weighted by Crippen LogP contribution is 2.27. The van der Waals surface area contributed by atoms with Crippen molar-refractivity contribution in [2.24, 2.45) is 5.41 Å². The third-order valence-corrected chi connectivity index (χ3v) is 2.46. The summed E-state index contributed by atoms with van der Waals surface area (Å²) in [5.74, 6) is -1.67. The van der Waals surface area contributed by atoms with Crippen LogP contribution in [0.5, 0.6) is 11.5 Å². The van der Waals surface area contributed by atoms with Crippen LogP contribution >= 0.6 is 0 Å². The number of ether oxygens (including phenoxy) is 1. The van der Waals surface area contributed by atoms with Crippen molar-refractivity contribution in [3.05, 3.63) is 18.0 Å². The second kappa shape index (κ2) is 5.03. The van der Waals surface area contributed by atoms with E-state index in [9.17, 15) is 14.7 Å². The molecule has 0 spiro atoms. The van der Waals surface area contributed by atoms with E-state index in [2.05, 4.69) is 9.72 Å². The number of Topliss-reactive ketones (excluding diaryl/α,β-unsaturated/α-hetero) is 1. The van der Waals surface area contributed by atoms with Crippen molar-refractivity contribution in [2.45, 2.75) is 20.3 Å². The van der Waals surface area contributed by atoms with Gasteiger partial charge in [0.1, 0.15) is 17.2 Å². The van der Waals surface area contributed by atoms with Gasteiger partial charge in [0, 0.05) is 12.5 Å². The fourth-order valence-corrected chi connectivity index (χ4v) is 1.49. The minimum absolute atomic E-state index is 0.148. The lowest BCUT2D eigenvalue weighted by Crippen LogP contribution is -2.28. The molecule has 98 valence electrons. The highest BCUT2D eigenvalue weighted by Gasteiger charge is 2.33. The van der Waals surface area contributed by atoms with Gasteiger partial charge in [-0.2, -0.15) is 0 Å². The Balaban J connectivity index is 2.92. The van der Waals surface area contributed by atoms with Crippen LogP contribution in [0.4, 0.5) is 0 Å². The number of hydrogen-bond acceptors (Lipinski definition) is 6. The minimum Gasteiger partial charge on any atom is -0.506 e. The van der Waals surface area contributed by atoms with E-state index in [4.69, 9.17) is 5.11 Å². The van der Waals surface area contributed by atoms with E-state index in [0.29, 0.717) is 0 Å². The molecule has 0 aliphatic rings. The molecule has 0 fully saturated rings. The zero-order valence-electron chi connectivity index (χ0n) is 10.4. The number of aromatic hydroxyl groups is 2. The summed E-state index contributed by atoms with van der Waals surface area (Å²) in [6.07, 6.45) is 0.906. The first-order valence-electron chi connectivity index (χ1n) is 5.27. The number of carbonyl (C=O) groups excluding carboxylic acids is 2. The maximum Gasteiger partial charge on any atom is 0.311 e. The van der Waals surface area contributed by atoms with Crippen molar-refractivity contribution in [3.63, 3.8) is 0 Å². The van der Waals surface area contributed by atoms with Crippen molar-refractivity contribution in [1.82, 2.24) is 4.98 Å². The van der Waals surface area contributed by atoms with Gasteiger partial charge in [0.05, 0.1) is 18.7 Å². The smallest absolute Gasteiger partial charge is 0.311 e. The van der Waals surface area contributed by atoms with E-state index in [1.54, 1.807) is 13.8 Å². The van der Waals surface area contributed by atoms with Crippen LogP contribution in [-0.4, -0.2) is 34.1 Å². The molecule has 0 radical (unpaired) electrons. The van der Waals surface area contributed by atoms with Crippen LogP contribution in [0.15, 0.2) is 12.3 Å². The predicted molar refractivity (Wildman–Crippen MR) is 62.3 cm³/mol. The molecule has 18 heavy (non-hydrogen) atoms. The van der Waals surface area contributed by atoms with E-state index in [1.165, 1.54) is 7.11 Å². The predicted octanol–water partition coefficient (Wildman–Crippen LogP) is 1.26. The molecule has 0 saturated heterocycles. The maximum atomic E-state index is 11.9. The molecule has 0 amide bonds. The lowest BCUT2D eigenvalue weighted by atomic mass is 9.86. The molecule has 1 heterocycles. The Hall–Kier alpha value is -2.11. The van der Waals surface area contributed by atoms with Gasteiger partial charge in [0.2, 0.25) is 0 Å². The summed E-state index contributed by atoms with van der Waals surface area (Å²) < 4.78 is 4.59. The van der Waals surface area contributed by atoms with Gasteiger partial charge < -0.3 is 14.9 Å². The van der Waals surface area contributed by atoms with Gasteiger partial charge >= 0.3 is 5.97 Å². The second-order valence-corrected chi connectivity index (χ2v) is 4.54. The molecule has 6 heteroatoms. The number of ketones is 1. The molecule has 0 atom stereocenters. The fraction of sp³-hybridized carbons (Fsp3) is 0.417. The van der Waals surface area contributed by atoms with Crippen molar-refractivity contribution in [3.8, 4) is 11.5 Å². The summed E-state index contributed by atoms with van der Waals surface area (Å²) in [4.78, 5) is 27.0. The summed E-state index contributed by atoms with van der Waals surface area (Å²) in [5.41, 5.74) is -1.18. The SMILES string of the molecule is COC(=O)C(C)(C)CC(=O)c1ncc(O)cc1O. The molecular formula is C12H15NO5. The molecule has 0 aliphatic heterocycles. The van der Waals surface area contributed by atoms with E-state index in [-0.39, 0.29) is 17.9 Å². The molecule has 0 aliphatic carbocycles. The number of carbonyl (C=O) groups is 2. The number of esters is 1. The number of aromatic nitrogens is 1. The summed E-state index contributed by atoms with van der Waals surface area (Å²) in [5, 5.41) is 18.6. The molecule has 0 saturated carbocycles. The normalized spacial score (nSPS) is 11.1. The number of pyridine rings is 1. The number of hydrogen-bond donors (Lipinski definition) is 2. The Morgan fingerprint density at radius 2 is 2.00 bits per heavy atom. The number of rotatable bonds is 4. The number of nitrogens with zero attached hydrogens (tertiary/aromatic N) is 1. The highest BCUT2D eigenvalue weighted by molar-refractivity contribution is 5.99. The standard InChI is InChI=1S/C12H15NO5/c1-12(2,11(17)18-3)5-9(16)10-8(15)4-7(14)6-13-10/h4,6,14-15H,5H2,1-3H3. The summed E-state index contributed by atoms with van der Waals surface area (Å²) in [6, 6.07) is 1.02. The van der Waals surface area contributed by atoms with Crippen LogP contribution in [-0.2, 0) is 9.53 Å². The topological polar surface area (TPSA) is 96.7 Å². The Labute approximate surface area is 104 Å². The number of methoxy groups -OCH3 is 1. The lowest BCUT2D eigenvalue weighted by molar-refractivity contribution is -0.150. The van der Waals surface area contributed by atoms with Crippen molar-refractivity contribution < 1.29 is 24.5 Å². The largest absolute Gasteiger partial charge is 0.506 e. The van der Waals surface area contributed by atoms with E-state index in [1.807, 2.05) is 0 Å².